The lowest BCUT2D eigenvalue weighted by molar-refractivity contribution is -0.313. The summed E-state index contributed by atoms with van der Waals surface area (Å²) < 4.78 is 4.36. The molecule has 0 aromatic rings. The van der Waals surface area contributed by atoms with E-state index in [0.717, 1.165) is 0 Å². The van der Waals surface area contributed by atoms with Crippen LogP contribution in [-0.4, -0.2) is 23.9 Å². The molecule has 4 heteroatoms. The molecule has 60 valence electrons. The predicted molar refractivity (Wildman–Crippen MR) is 34.4 cm³/mol. The first-order valence-corrected chi connectivity index (χ1v) is 2.91. The van der Waals surface area contributed by atoms with Crippen molar-refractivity contribution < 1.29 is 19.7 Å². The minimum atomic E-state index is -0.854. The van der Waals surface area contributed by atoms with Crippen LogP contribution in [0.1, 0.15) is 20.3 Å². The molecule has 0 rings (SSSR count). The summed E-state index contributed by atoms with van der Waals surface area (Å²) in [6.45, 7) is 3.17. The summed E-state index contributed by atoms with van der Waals surface area (Å²) in [6, 6.07) is 0. The summed E-state index contributed by atoms with van der Waals surface area (Å²) >= 11 is 0. The molecule has 0 radical (unpaired) electrons. The van der Waals surface area contributed by atoms with Crippen molar-refractivity contribution in [3.63, 3.8) is 0 Å². The fraction of sp³-hybridized carbons (Fsp3) is 0.833. The van der Waals surface area contributed by atoms with Crippen LogP contribution in [0.5, 0.6) is 0 Å². The highest BCUT2D eigenvalue weighted by atomic mass is 17.1. The van der Waals surface area contributed by atoms with Crippen LogP contribution in [0.25, 0.3) is 0 Å². The highest BCUT2D eigenvalue weighted by molar-refractivity contribution is 5.70. The van der Waals surface area contributed by atoms with Gasteiger partial charge in [0, 0.05) is 0 Å². The Labute approximate surface area is 59.7 Å². The van der Waals surface area contributed by atoms with Crippen LogP contribution in [-0.2, 0) is 14.4 Å². The average Bonchev–Trinajstić information content (AvgIpc) is 1.87. The largest absolute Gasteiger partial charge is 0.469 e. The molecule has 0 unspecified atom stereocenters. The fourth-order valence-corrected chi connectivity index (χ4v) is 0.452. The second-order valence-corrected chi connectivity index (χ2v) is 2.60. The summed E-state index contributed by atoms with van der Waals surface area (Å²) in [5.41, 5.74) is -0.854. The highest BCUT2D eigenvalue weighted by Crippen LogP contribution is 2.12. The van der Waals surface area contributed by atoms with E-state index in [2.05, 4.69) is 9.62 Å². The van der Waals surface area contributed by atoms with Crippen molar-refractivity contribution in [2.75, 3.05) is 7.11 Å². The number of hydrogen-bond acceptors (Lipinski definition) is 4. The van der Waals surface area contributed by atoms with E-state index in [1.807, 2.05) is 0 Å². The molecule has 0 saturated heterocycles. The van der Waals surface area contributed by atoms with Gasteiger partial charge in [-0.2, -0.15) is 0 Å². The molecular weight excluding hydrogens is 136 g/mol. The Morgan fingerprint density at radius 2 is 2.10 bits per heavy atom. The molecule has 1 N–H and O–H groups in total. The van der Waals surface area contributed by atoms with E-state index < -0.39 is 11.6 Å². The second-order valence-electron chi connectivity index (χ2n) is 2.60. The Morgan fingerprint density at radius 1 is 1.60 bits per heavy atom. The lowest BCUT2D eigenvalue weighted by Crippen LogP contribution is -2.27. The van der Waals surface area contributed by atoms with E-state index in [-0.39, 0.29) is 6.42 Å². The summed E-state index contributed by atoms with van der Waals surface area (Å²) in [6.07, 6.45) is 0.0417. The molecule has 0 aromatic carbocycles. The number of rotatable bonds is 3. The molecule has 0 heterocycles. The van der Waals surface area contributed by atoms with E-state index in [9.17, 15) is 4.79 Å². The molecule has 0 atom stereocenters. The molecule has 0 amide bonds. The Kier molecular flexibility index (Phi) is 3.32. The Bertz CT molecular complexity index is 119. The number of hydrogen-bond donors (Lipinski definition) is 1. The predicted octanol–water partition coefficient (Wildman–Crippen LogP) is 0.818. The van der Waals surface area contributed by atoms with Crippen molar-refractivity contribution >= 4 is 5.97 Å². The van der Waals surface area contributed by atoms with Crippen LogP contribution < -0.4 is 0 Å². The first-order valence-electron chi connectivity index (χ1n) is 2.91. The molecular formula is C6H12O4. The minimum Gasteiger partial charge on any atom is -0.469 e. The number of carbonyl (C=O) groups excluding carboxylic acids is 1. The number of methoxy groups -OCH3 is 1. The van der Waals surface area contributed by atoms with Crippen molar-refractivity contribution in [3.8, 4) is 0 Å². The summed E-state index contributed by atoms with van der Waals surface area (Å²) in [5, 5.41) is 8.23. The monoisotopic (exact) mass is 148 g/mol. The molecule has 0 bridgehead atoms. The third-order valence-electron chi connectivity index (χ3n) is 1.04. The zero-order chi connectivity index (χ0) is 8.20. The van der Waals surface area contributed by atoms with Crippen LogP contribution >= 0.6 is 0 Å². The van der Waals surface area contributed by atoms with Crippen molar-refractivity contribution in [3.05, 3.63) is 0 Å². The first-order chi connectivity index (χ1) is 4.52. The second kappa shape index (κ2) is 3.53. The van der Waals surface area contributed by atoms with E-state index >= 15 is 0 Å². The highest BCUT2D eigenvalue weighted by Gasteiger charge is 2.23. The third kappa shape index (κ3) is 3.42. The molecule has 4 nitrogen and oxygen atoms in total. The van der Waals surface area contributed by atoms with Gasteiger partial charge in [0.1, 0.15) is 5.60 Å². The van der Waals surface area contributed by atoms with Gasteiger partial charge in [0.15, 0.2) is 0 Å². The van der Waals surface area contributed by atoms with E-state index in [1.54, 1.807) is 13.8 Å². The maximum atomic E-state index is 10.6. The zero-order valence-electron chi connectivity index (χ0n) is 6.38. The van der Waals surface area contributed by atoms with Crippen LogP contribution in [0.4, 0.5) is 0 Å². The van der Waals surface area contributed by atoms with Crippen LogP contribution in [0.15, 0.2) is 0 Å². The molecule has 0 aromatic heterocycles. The van der Waals surface area contributed by atoms with Gasteiger partial charge in [-0.1, -0.05) is 0 Å². The van der Waals surface area contributed by atoms with Gasteiger partial charge >= 0.3 is 5.97 Å². The van der Waals surface area contributed by atoms with Gasteiger partial charge in [-0.15, -0.1) is 0 Å². The molecule has 0 aliphatic carbocycles. The normalized spacial score (nSPS) is 11.2. The van der Waals surface area contributed by atoms with Crippen LogP contribution in [0, 0.1) is 0 Å². The van der Waals surface area contributed by atoms with Crippen molar-refractivity contribution in [1.29, 1.82) is 0 Å². The van der Waals surface area contributed by atoms with E-state index in [1.165, 1.54) is 7.11 Å². The lowest BCUT2D eigenvalue weighted by Gasteiger charge is -2.17. The Morgan fingerprint density at radius 3 is 2.40 bits per heavy atom. The van der Waals surface area contributed by atoms with Crippen LogP contribution in [0.3, 0.4) is 0 Å². The van der Waals surface area contributed by atoms with Gasteiger partial charge in [-0.05, 0) is 13.8 Å². The number of ether oxygens (including phenoxy) is 1. The van der Waals surface area contributed by atoms with Gasteiger partial charge in [-0.3, -0.25) is 10.1 Å². The molecule has 0 aliphatic heterocycles. The van der Waals surface area contributed by atoms with Crippen LogP contribution in [0.2, 0.25) is 0 Å². The van der Waals surface area contributed by atoms with Gasteiger partial charge < -0.3 is 4.74 Å². The van der Waals surface area contributed by atoms with Crippen molar-refractivity contribution in [1.82, 2.24) is 0 Å². The SMILES string of the molecule is COC(=O)CC(C)(C)OO. The summed E-state index contributed by atoms with van der Waals surface area (Å²) in [5.74, 6) is -0.404. The van der Waals surface area contributed by atoms with Gasteiger partial charge in [0.05, 0.1) is 13.5 Å². The van der Waals surface area contributed by atoms with Gasteiger partial charge in [-0.25, -0.2) is 4.89 Å². The smallest absolute Gasteiger partial charge is 0.308 e. The number of carbonyl (C=O) groups is 1. The standard InChI is InChI=1S/C6H12O4/c1-6(2,10-8)4-5(7)9-3/h8H,4H2,1-3H3. The third-order valence-corrected chi connectivity index (χ3v) is 1.04. The molecule has 0 saturated carbocycles. The molecule has 0 aliphatic rings. The maximum Gasteiger partial charge on any atom is 0.308 e. The van der Waals surface area contributed by atoms with Crippen molar-refractivity contribution in [2.24, 2.45) is 0 Å². The average molecular weight is 148 g/mol. The van der Waals surface area contributed by atoms with E-state index in [0.29, 0.717) is 0 Å². The first kappa shape index (κ1) is 9.39. The van der Waals surface area contributed by atoms with Gasteiger partial charge in [0.2, 0.25) is 0 Å². The minimum absolute atomic E-state index is 0.0417. The Balaban J connectivity index is 3.76. The molecule has 0 spiro atoms. The lowest BCUT2D eigenvalue weighted by atomic mass is 10.1. The van der Waals surface area contributed by atoms with Crippen molar-refractivity contribution in [2.45, 2.75) is 25.9 Å². The zero-order valence-corrected chi connectivity index (χ0v) is 6.38. The van der Waals surface area contributed by atoms with E-state index in [4.69, 9.17) is 5.26 Å². The molecule has 10 heavy (non-hydrogen) atoms. The fourth-order valence-electron chi connectivity index (χ4n) is 0.452. The maximum absolute atomic E-state index is 10.6. The van der Waals surface area contributed by atoms with Gasteiger partial charge in [0.25, 0.3) is 0 Å². The molecule has 0 fully saturated rings. The summed E-state index contributed by atoms with van der Waals surface area (Å²) in [4.78, 5) is 14.6. The topological polar surface area (TPSA) is 55.8 Å². The Hall–Kier alpha value is -0.610. The quantitative estimate of drug-likeness (QED) is 0.365. The summed E-state index contributed by atoms with van der Waals surface area (Å²) in [7, 11) is 1.29. The number of esters is 1.